The molecule has 6 heteroatoms. The first-order valence-electron chi connectivity index (χ1n) is 7.74. The van der Waals surface area contributed by atoms with Crippen LogP contribution in [-0.2, 0) is 21.1 Å². The molecule has 1 spiro atoms. The van der Waals surface area contributed by atoms with Crippen LogP contribution in [0.2, 0.25) is 5.02 Å². The number of hydrogen-bond acceptors (Lipinski definition) is 4. The molecule has 0 radical (unpaired) electrons. The highest BCUT2D eigenvalue weighted by atomic mass is 35.5. The summed E-state index contributed by atoms with van der Waals surface area (Å²) in [5, 5.41) is 0.718. The molecule has 1 atom stereocenters. The smallest absolute Gasteiger partial charge is 0.158 e. The number of likely N-dealkylation sites (tertiary alicyclic amines) is 1. The van der Waals surface area contributed by atoms with Crippen molar-refractivity contribution in [1.82, 2.24) is 4.90 Å². The lowest BCUT2D eigenvalue weighted by atomic mass is 9.83. The maximum atomic E-state index is 12.5. The van der Waals surface area contributed by atoms with E-state index in [1.807, 2.05) is 31.2 Å². The van der Waals surface area contributed by atoms with E-state index in [2.05, 4.69) is 4.90 Å². The van der Waals surface area contributed by atoms with E-state index in [4.69, 9.17) is 16.3 Å². The topological polar surface area (TPSA) is 46.6 Å². The average Bonchev–Trinajstić information content (AvgIpc) is 2.68. The second-order valence-electron chi connectivity index (χ2n) is 6.30. The van der Waals surface area contributed by atoms with Crippen LogP contribution in [-0.4, -0.2) is 50.1 Å². The molecule has 2 fully saturated rings. The number of nitrogens with zero attached hydrogens (tertiary/aromatic N) is 1. The van der Waals surface area contributed by atoms with Gasteiger partial charge in [0.1, 0.15) is 4.75 Å². The van der Waals surface area contributed by atoms with Crippen molar-refractivity contribution in [3.05, 3.63) is 34.9 Å². The lowest BCUT2D eigenvalue weighted by Gasteiger charge is -2.50. The fourth-order valence-corrected chi connectivity index (χ4v) is 6.35. The standard InChI is InChI=1S/C16H22ClNO3S/c1-2-21-10-14-6-7-22(19,20)16(14)11-18(12-16)9-13-4-3-5-15(17)8-13/h3-5,8,14H,2,6-7,9-12H2,1H3/t14-/m1/s1. The zero-order valence-electron chi connectivity index (χ0n) is 12.8. The predicted molar refractivity (Wildman–Crippen MR) is 87.8 cm³/mol. The van der Waals surface area contributed by atoms with Crippen molar-refractivity contribution in [1.29, 1.82) is 0 Å². The molecule has 0 unspecified atom stereocenters. The molecule has 2 aliphatic heterocycles. The minimum absolute atomic E-state index is 0.132. The van der Waals surface area contributed by atoms with Crippen LogP contribution in [0.3, 0.4) is 0 Å². The molecule has 1 aromatic rings. The second kappa shape index (κ2) is 6.11. The van der Waals surface area contributed by atoms with Crippen LogP contribution in [0.1, 0.15) is 18.9 Å². The first-order valence-corrected chi connectivity index (χ1v) is 9.77. The summed E-state index contributed by atoms with van der Waals surface area (Å²) < 4.78 is 29.9. The van der Waals surface area contributed by atoms with Crippen LogP contribution in [0.5, 0.6) is 0 Å². The van der Waals surface area contributed by atoms with E-state index in [9.17, 15) is 8.42 Å². The third-order valence-corrected chi connectivity index (χ3v) is 7.74. The van der Waals surface area contributed by atoms with Gasteiger partial charge < -0.3 is 4.74 Å². The molecule has 2 saturated heterocycles. The van der Waals surface area contributed by atoms with Gasteiger partial charge in [-0.05, 0) is 31.0 Å². The normalized spacial score (nSPS) is 26.2. The monoisotopic (exact) mass is 343 g/mol. The van der Waals surface area contributed by atoms with Gasteiger partial charge >= 0.3 is 0 Å². The van der Waals surface area contributed by atoms with E-state index in [1.54, 1.807) is 0 Å². The molecular formula is C16H22ClNO3S. The van der Waals surface area contributed by atoms with Crippen molar-refractivity contribution in [3.8, 4) is 0 Å². The second-order valence-corrected chi connectivity index (χ2v) is 9.19. The van der Waals surface area contributed by atoms with Crippen molar-refractivity contribution in [2.45, 2.75) is 24.6 Å². The largest absolute Gasteiger partial charge is 0.381 e. The average molecular weight is 344 g/mol. The van der Waals surface area contributed by atoms with Crippen LogP contribution < -0.4 is 0 Å². The maximum Gasteiger partial charge on any atom is 0.158 e. The highest BCUT2D eigenvalue weighted by Gasteiger charge is 2.61. The Kier molecular flexibility index (Phi) is 4.52. The summed E-state index contributed by atoms with van der Waals surface area (Å²) in [6, 6.07) is 7.74. The van der Waals surface area contributed by atoms with Crippen LogP contribution >= 0.6 is 11.6 Å². The molecule has 122 valence electrons. The fourth-order valence-electron chi connectivity index (χ4n) is 3.68. The lowest BCUT2D eigenvalue weighted by molar-refractivity contribution is 0.0292. The molecule has 3 rings (SSSR count). The Hall–Kier alpha value is -0.620. The summed E-state index contributed by atoms with van der Waals surface area (Å²) in [7, 11) is -3.01. The molecule has 0 amide bonds. The number of ether oxygens (including phenoxy) is 1. The summed E-state index contributed by atoms with van der Waals surface area (Å²) in [5.41, 5.74) is 1.12. The number of sulfone groups is 1. The minimum Gasteiger partial charge on any atom is -0.381 e. The third-order valence-electron chi connectivity index (χ3n) is 4.90. The molecule has 2 aliphatic rings. The molecular weight excluding hydrogens is 322 g/mol. The fraction of sp³-hybridized carbons (Fsp3) is 0.625. The molecule has 0 aromatic heterocycles. The first kappa shape index (κ1) is 16.2. The summed E-state index contributed by atoms with van der Waals surface area (Å²) in [4.78, 5) is 2.19. The van der Waals surface area contributed by atoms with Gasteiger partial charge in [-0.1, -0.05) is 23.7 Å². The predicted octanol–water partition coefficient (Wildman–Crippen LogP) is 2.37. The summed E-state index contributed by atoms with van der Waals surface area (Å²) >= 11 is 6.00. The van der Waals surface area contributed by atoms with E-state index in [0.29, 0.717) is 32.1 Å². The Bertz CT molecular complexity index is 641. The number of hydrogen-bond donors (Lipinski definition) is 0. The van der Waals surface area contributed by atoms with Gasteiger partial charge in [-0.3, -0.25) is 4.90 Å². The summed E-state index contributed by atoms with van der Waals surface area (Å²) in [6.07, 6.45) is 0.730. The first-order chi connectivity index (χ1) is 10.5. The van der Waals surface area contributed by atoms with E-state index in [0.717, 1.165) is 23.6 Å². The quantitative estimate of drug-likeness (QED) is 0.823. The molecule has 2 heterocycles. The molecule has 0 bridgehead atoms. The molecule has 1 aromatic carbocycles. The third kappa shape index (κ3) is 2.80. The number of rotatable bonds is 5. The maximum absolute atomic E-state index is 12.5. The Morgan fingerprint density at radius 3 is 2.86 bits per heavy atom. The van der Waals surface area contributed by atoms with Crippen LogP contribution in [0.4, 0.5) is 0 Å². The number of halogens is 1. The van der Waals surface area contributed by atoms with Crippen molar-refractivity contribution in [2.75, 3.05) is 32.1 Å². The van der Waals surface area contributed by atoms with E-state index in [1.165, 1.54) is 0 Å². The minimum atomic E-state index is -3.01. The van der Waals surface area contributed by atoms with Crippen molar-refractivity contribution < 1.29 is 13.2 Å². The molecule has 0 N–H and O–H groups in total. The molecule has 4 nitrogen and oxygen atoms in total. The molecule has 0 aliphatic carbocycles. The van der Waals surface area contributed by atoms with Gasteiger partial charge in [0.05, 0.1) is 12.4 Å². The SMILES string of the molecule is CCOC[C@H]1CCS(=O)(=O)C12CN(Cc1cccc(Cl)c1)C2. The lowest BCUT2D eigenvalue weighted by Crippen LogP contribution is -2.67. The Morgan fingerprint density at radius 2 is 2.18 bits per heavy atom. The van der Waals surface area contributed by atoms with E-state index < -0.39 is 14.6 Å². The zero-order chi connectivity index (χ0) is 15.8. The summed E-state index contributed by atoms with van der Waals surface area (Å²) in [6.45, 7) is 5.11. The molecule has 22 heavy (non-hydrogen) atoms. The highest BCUT2D eigenvalue weighted by molar-refractivity contribution is 7.93. The van der Waals surface area contributed by atoms with Gasteiger partial charge in [0.15, 0.2) is 9.84 Å². The Balaban J connectivity index is 1.68. The van der Waals surface area contributed by atoms with Crippen molar-refractivity contribution >= 4 is 21.4 Å². The van der Waals surface area contributed by atoms with Gasteiger partial charge in [0.2, 0.25) is 0 Å². The van der Waals surface area contributed by atoms with Crippen molar-refractivity contribution in [3.63, 3.8) is 0 Å². The van der Waals surface area contributed by atoms with Crippen LogP contribution in [0.25, 0.3) is 0 Å². The Morgan fingerprint density at radius 1 is 1.41 bits per heavy atom. The van der Waals surface area contributed by atoms with Gasteiger partial charge in [-0.15, -0.1) is 0 Å². The number of benzene rings is 1. The molecule has 0 saturated carbocycles. The zero-order valence-corrected chi connectivity index (χ0v) is 14.4. The van der Waals surface area contributed by atoms with E-state index in [-0.39, 0.29) is 5.92 Å². The highest BCUT2D eigenvalue weighted by Crippen LogP contribution is 2.45. The van der Waals surface area contributed by atoms with E-state index >= 15 is 0 Å². The van der Waals surface area contributed by atoms with Gasteiger partial charge in [0, 0.05) is 37.2 Å². The van der Waals surface area contributed by atoms with Crippen molar-refractivity contribution in [2.24, 2.45) is 5.92 Å². The van der Waals surface area contributed by atoms with Gasteiger partial charge in [-0.2, -0.15) is 0 Å². The Labute approximate surface area is 137 Å². The van der Waals surface area contributed by atoms with Gasteiger partial charge in [0.25, 0.3) is 0 Å². The van der Waals surface area contributed by atoms with Crippen LogP contribution in [0, 0.1) is 5.92 Å². The van der Waals surface area contributed by atoms with Gasteiger partial charge in [-0.25, -0.2) is 8.42 Å². The van der Waals surface area contributed by atoms with Crippen LogP contribution in [0.15, 0.2) is 24.3 Å². The summed E-state index contributed by atoms with van der Waals surface area (Å²) in [5.74, 6) is 0.434.